The van der Waals surface area contributed by atoms with Gasteiger partial charge in [0, 0.05) is 19.3 Å². The van der Waals surface area contributed by atoms with Crippen LogP contribution in [0.1, 0.15) is 226 Å². The highest BCUT2D eigenvalue weighted by molar-refractivity contribution is 5.74. The standard InChI is InChI=1S/C67H106O12/c1-4-7-10-13-16-19-22-25-27-29-30-32-34-37-40-43-46-49-52-55-61(70)78-65-63(72)62(71)64(66(73)74)79-67(65)76-57-58(77-60(69)54-51-48-45-42-39-35-24-21-18-15-12-9-6-3)56-75-59(68)53-50-47-44-41-38-36-33-31-28-26-23-20-17-14-11-8-5-2/h8,11-12,15-17,19-21,24-28,30,32-33,36,41,44,58,62-65,67,71-72H,4-7,9-10,13-14,18,22-23,29,31,34-35,37-40,42-43,45-57H2,1-3H3,(H,73,74)/b11-8-,15-12-,19-16-,20-17-,24-21-,27-25-,28-26-,32-30-,36-33-,44-41-. The maximum absolute atomic E-state index is 13.1. The van der Waals surface area contributed by atoms with E-state index < -0.39 is 67.3 Å². The summed E-state index contributed by atoms with van der Waals surface area (Å²) >= 11 is 0. The first-order chi connectivity index (χ1) is 38.6. The van der Waals surface area contributed by atoms with E-state index in [4.69, 9.17) is 23.7 Å². The van der Waals surface area contributed by atoms with E-state index in [9.17, 15) is 34.5 Å². The Labute approximate surface area is 478 Å². The Morgan fingerprint density at radius 2 is 0.835 bits per heavy atom. The molecule has 1 aliphatic heterocycles. The van der Waals surface area contributed by atoms with Crippen molar-refractivity contribution in [1.82, 2.24) is 0 Å². The lowest BCUT2D eigenvalue weighted by Crippen LogP contribution is -2.61. The van der Waals surface area contributed by atoms with Gasteiger partial charge >= 0.3 is 23.9 Å². The number of aliphatic carboxylic acids is 1. The molecule has 0 saturated carbocycles. The minimum Gasteiger partial charge on any atom is -0.479 e. The van der Waals surface area contributed by atoms with Crippen LogP contribution in [0.2, 0.25) is 0 Å². The molecule has 0 radical (unpaired) electrons. The third-order valence-corrected chi connectivity index (χ3v) is 13.0. The second kappa shape index (κ2) is 53.7. The fourth-order valence-corrected chi connectivity index (χ4v) is 8.33. The molecule has 0 bridgehead atoms. The smallest absolute Gasteiger partial charge is 0.335 e. The van der Waals surface area contributed by atoms with Gasteiger partial charge in [-0.25, -0.2) is 4.79 Å². The van der Waals surface area contributed by atoms with E-state index in [1.165, 1.54) is 19.3 Å². The summed E-state index contributed by atoms with van der Waals surface area (Å²) in [6, 6.07) is 0. The number of carboxylic acids is 1. The fraction of sp³-hybridized carbons (Fsp3) is 0.642. The van der Waals surface area contributed by atoms with E-state index in [0.29, 0.717) is 25.7 Å². The molecule has 3 N–H and O–H groups in total. The van der Waals surface area contributed by atoms with Gasteiger partial charge in [-0.2, -0.15) is 0 Å². The number of ether oxygens (including phenoxy) is 5. The predicted molar refractivity (Wildman–Crippen MR) is 321 cm³/mol. The van der Waals surface area contributed by atoms with E-state index in [1.807, 2.05) is 6.08 Å². The Hall–Kier alpha value is -4.88. The molecule has 1 fully saturated rings. The first-order valence-electron chi connectivity index (χ1n) is 30.5. The largest absolute Gasteiger partial charge is 0.479 e. The highest BCUT2D eigenvalue weighted by atomic mass is 16.7. The zero-order chi connectivity index (χ0) is 57.5. The molecule has 12 nitrogen and oxygen atoms in total. The summed E-state index contributed by atoms with van der Waals surface area (Å²) in [4.78, 5) is 51.2. The highest BCUT2D eigenvalue weighted by Crippen LogP contribution is 2.26. The number of carbonyl (C=O) groups excluding carboxylic acids is 3. The van der Waals surface area contributed by atoms with Gasteiger partial charge in [0.25, 0.3) is 0 Å². The van der Waals surface area contributed by atoms with Gasteiger partial charge in [0.15, 0.2) is 24.6 Å². The number of rotatable bonds is 50. The molecular weight excluding hydrogens is 997 g/mol. The number of carboxylic acid groups (broad SMARTS) is 1. The highest BCUT2D eigenvalue weighted by Gasteiger charge is 2.50. The van der Waals surface area contributed by atoms with Crippen molar-refractivity contribution in [2.24, 2.45) is 0 Å². The summed E-state index contributed by atoms with van der Waals surface area (Å²) in [5.74, 6) is -3.25. The quantitative estimate of drug-likeness (QED) is 0.0228. The van der Waals surface area contributed by atoms with Crippen LogP contribution in [0.25, 0.3) is 0 Å². The van der Waals surface area contributed by atoms with Crippen LogP contribution in [-0.4, -0.2) is 89.2 Å². The number of allylic oxidation sites excluding steroid dienone is 20. The Morgan fingerprint density at radius 3 is 1.30 bits per heavy atom. The van der Waals surface area contributed by atoms with Crippen LogP contribution < -0.4 is 0 Å². The fourth-order valence-electron chi connectivity index (χ4n) is 8.33. The predicted octanol–water partition coefficient (Wildman–Crippen LogP) is 16.0. The Kier molecular flexibility index (Phi) is 49.1. The van der Waals surface area contributed by atoms with Crippen molar-refractivity contribution in [3.63, 3.8) is 0 Å². The summed E-state index contributed by atoms with van der Waals surface area (Å²) in [5, 5.41) is 31.5. The summed E-state index contributed by atoms with van der Waals surface area (Å²) in [6.45, 7) is 5.71. The molecule has 0 spiro atoms. The summed E-state index contributed by atoms with van der Waals surface area (Å²) in [7, 11) is 0. The van der Waals surface area contributed by atoms with Gasteiger partial charge in [0.05, 0.1) is 6.61 Å². The van der Waals surface area contributed by atoms with Gasteiger partial charge in [0.2, 0.25) is 0 Å². The molecule has 0 aromatic carbocycles. The number of esters is 3. The van der Waals surface area contributed by atoms with Gasteiger partial charge in [-0.15, -0.1) is 0 Å². The van der Waals surface area contributed by atoms with E-state index in [0.717, 1.165) is 141 Å². The number of carbonyl (C=O) groups is 4. The van der Waals surface area contributed by atoms with Crippen molar-refractivity contribution in [3.8, 4) is 0 Å². The molecule has 1 heterocycles. The van der Waals surface area contributed by atoms with E-state index in [2.05, 4.69) is 136 Å². The maximum atomic E-state index is 13.1. The van der Waals surface area contributed by atoms with Gasteiger partial charge in [-0.1, -0.05) is 206 Å². The number of aliphatic hydroxyl groups is 2. The van der Waals surface area contributed by atoms with E-state index in [-0.39, 0.29) is 25.9 Å². The van der Waals surface area contributed by atoms with Crippen molar-refractivity contribution in [1.29, 1.82) is 0 Å². The van der Waals surface area contributed by atoms with Crippen LogP contribution in [0.5, 0.6) is 0 Å². The molecule has 446 valence electrons. The first-order valence-corrected chi connectivity index (χ1v) is 30.5. The summed E-state index contributed by atoms with van der Waals surface area (Å²) < 4.78 is 28.4. The maximum Gasteiger partial charge on any atom is 0.335 e. The first kappa shape index (κ1) is 72.1. The topological polar surface area (TPSA) is 175 Å². The van der Waals surface area contributed by atoms with Gasteiger partial charge < -0.3 is 39.0 Å². The number of hydrogen-bond donors (Lipinski definition) is 3. The van der Waals surface area contributed by atoms with Crippen LogP contribution >= 0.6 is 0 Å². The van der Waals surface area contributed by atoms with Gasteiger partial charge in [-0.3, -0.25) is 14.4 Å². The molecule has 1 rings (SSSR count). The molecule has 0 amide bonds. The second-order valence-electron chi connectivity index (χ2n) is 20.2. The average Bonchev–Trinajstić information content (AvgIpc) is 3.47. The number of hydrogen-bond acceptors (Lipinski definition) is 11. The Morgan fingerprint density at radius 1 is 0.430 bits per heavy atom. The van der Waals surface area contributed by atoms with Crippen molar-refractivity contribution in [2.45, 2.75) is 263 Å². The number of unbranched alkanes of at least 4 members (excludes halogenated alkanes) is 16. The van der Waals surface area contributed by atoms with Crippen molar-refractivity contribution >= 4 is 23.9 Å². The normalized spacial score (nSPS) is 18.7. The van der Waals surface area contributed by atoms with Crippen LogP contribution in [0.15, 0.2) is 122 Å². The van der Waals surface area contributed by atoms with Crippen LogP contribution in [0.3, 0.4) is 0 Å². The minimum absolute atomic E-state index is 0.0324. The van der Waals surface area contributed by atoms with Crippen LogP contribution in [0.4, 0.5) is 0 Å². The second-order valence-corrected chi connectivity index (χ2v) is 20.2. The van der Waals surface area contributed by atoms with Crippen molar-refractivity contribution in [2.75, 3.05) is 13.2 Å². The Bertz CT molecular complexity index is 1840. The van der Waals surface area contributed by atoms with Crippen molar-refractivity contribution < 1.29 is 58.2 Å². The molecule has 12 heteroatoms. The lowest BCUT2D eigenvalue weighted by molar-refractivity contribution is -0.301. The van der Waals surface area contributed by atoms with Crippen LogP contribution in [-0.2, 0) is 42.9 Å². The zero-order valence-electron chi connectivity index (χ0n) is 49.1. The van der Waals surface area contributed by atoms with Crippen LogP contribution in [0, 0.1) is 0 Å². The lowest BCUT2D eigenvalue weighted by Gasteiger charge is -2.40. The lowest BCUT2D eigenvalue weighted by atomic mass is 9.98. The van der Waals surface area contributed by atoms with Crippen molar-refractivity contribution in [3.05, 3.63) is 122 Å². The minimum atomic E-state index is -1.92. The molecule has 0 aromatic rings. The monoisotopic (exact) mass is 1100 g/mol. The SMILES string of the molecule is CC/C=C\C/C=C\C/C=C\C/C=C\C/C=C\CCCC(=O)OCC(COC1OC(C(=O)O)C(O)C(O)C1OC(=O)CCCCCCCC/C=C\C/C=C\C/C=C\CCCCC)OC(=O)CCCCCCC/C=C\C/C=C\CCC. The van der Waals surface area contributed by atoms with E-state index in [1.54, 1.807) is 0 Å². The molecule has 6 unspecified atom stereocenters. The average molecular weight is 1100 g/mol. The third kappa shape index (κ3) is 43.6. The van der Waals surface area contributed by atoms with Gasteiger partial charge in [0.1, 0.15) is 18.8 Å². The van der Waals surface area contributed by atoms with E-state index >= 15 is 0 Å². The third-order valence-electron chi connectivity index (χ3n) is 13.0. The van der Waals surface area contributed by atoms with Gasteiger partial charge in [-0.05, 0) is 122 Å². The molecular formula is C67H106O12. The summed E-state index contributed by atoms with van der Waals surface area (Å²) in [6.07, 6.45) is 61.6. The number of aliphatic hydroxyl groups excluding tert-OH is 2. The Balaban J connectivity index is 2.72. The molecule has 0 aromatic heterocycles. The molecule has 0 aliphatic carbocycles. The molecule has 1 aliphatic rings. The molecule has 79 heavy (non-hydrogen) atoms. The zero-order valence-corrected chi connectivity index (χ0v) is 49.1. The molecule has 6 atom stereocenters. The molecule has 1 saturated heterocycles. The summed E-state index contributed by atoms with van der Waals surface area (Å²) in [5.41, 5.74) is 0.